The average Bonchev–Trinajstić information content (AvgIpc) is 3.08. The molecule has 8 unspecified atom stereocenters. The van der Waals surface area contributed by atoms with Gasteiger partial charge in [-0.3, -0.25) is 0 Å². The molecule has 0 nitrogen and oxygen atoms in total. The third-order valence-electron chi connectivity index (χ3n) is 9.51. The number of allylic oxidation sites excluding steroid dienone is 4. The summed E-state index contributed by atoms with van der Waals surface area (Å²) in [5.74, 6) is 6.87. The molecule has 2 fully saturated rings. The van der Waals surface area contributed by atoms with Gasteiger partial charge in [0, 0.05) is 0 Å². The second kappa shape index (κ2) is 12.7. The standard InChI is InChI=1S/C25H43Si.3CH3.Zr/c1-9-12-21-15-24(23-14-11-10-13-22(21)23)26(7,8)20(6)25-18(4)16(2)17(3)19(25)5;;;;/h10-11,13-14,16-19,21-25H,9,12,15H2,1-8H3;3*1H3;/q4*-1;+4. The van der Waals surface area contributed by atoms with Crippen LogP contribution in [0, 0.1) is 75.2 Å². The van der Waals surface area contributed by atoms with E-state index in [0.29, 0.717) is 0 Å². The summed E-state index contributed by atoms with van der Waals surface area (Å²) in [6, 6.07) is 0. The number of hydrogen-bond acceptors (Lipinski definition) is 0. The summed E-state index contributed by atoms with van der Waals surface area (Å²) < 4.78 is 0. The molecule has 0 amide bonds. The fraction of sp³-hybridized carbons (Fsp3) is 0.714. The molecule has 0 spiro atoms. The van der Waals surface area contributed by atoms with Crippen LogP contribution >= 0.6 is 0 Å². The van der Waals surface area contributed by atoms with E-state index >= 15 is 0 Å². The molecule has 3 aliphatic rings. The second-order valence-corrected chi connectivity index (χ2v) is 15.7. The van der Waals surface area contributed by atoms with Crippen molar-refractivity contribution in [1.29, 1.82) is 0 Å². The molecule has 0 aromatic rings. The molecule has 3 rings (SSSR count). The molecule has 3 aliphatic carbocycles. The maximum absolute atomic E-state index is 2.72. The zero-order chi connectivity index (χ0) is 19.2. The van der Waals surface area contributed by atoms with Crippen molar-refractivity contribution < 1.29 is 26.2 Å². The summed E-state index contributed by atoms with van der Waals surface area (Å²) in [6.45, 7) is 20.5. The van der Waals surface area contributed by atoms with Crippen molar-refractivity contribution in [3.05, 3.63) is 52.1 Å². The summed E-state index contributed by atoms with van der Waals surface area (Å²) in [5.41, 5.74) is 2.88. The van der Waals surface area contributed by atoms with Crippen molar-refractivity contribution >= 4 is 8.07 Å². The molecule has 0 N–H and O–H groups in total. The van der Waals surface area contributed by atoms with Gasteiger partial charge >= 0.3 is 26.2 Å². The summed E-state index contributed by atoms with van der Waals surface area (Å²) in [7, 11) is -1.43. The molecule has 2 heteroatoms. The van der Waals surface area contributed by atoms with E-state index in [1.165, 1.54) is 19.3 Å². The molecule has 0 saturated heterocycles. The van der Waals surface area contributed by atoms with Crippen LogP contribution in [0.1, 0.15) is 60.8 Å². The van der Waals surface area contributed by atoms with Gasteiger partial charge < -0.3 is 27.8 Å². The molecule has 30 heavy (non-hydrogen) atoms. The maximum Gasteiger partial charge on any atom is 4.00 e. The molecule has 0 aromatic carbocycles. The van der Waals surface area contributed by atoms with Gasteiger partial charge in [-0.25, -0.2) is 0 Å². The summed E-state index contributed by atoms with van der Waals surface area (Å²) in [6.07, 6.45) is 14.0. The summed E-state index contributed by atoms with van der Waals surface area (Å²) in [4.78, 5) is 0. The Bertz CT molecular complexity index is 537. The molecular formula is C28H52SiZr. The van der Waals surface area contributed by atoms with Crippen LogP contribution in [-0.2, 0) is 26.2 Å². The Morgan fingerprint density at radius 1 is 0.833 bits per heavy atom. The average molecular weight is 508 g/mol. The van der Waals surface area contributed by atoms with Crippen LogP contribution in [0.3, 0.4) is 0 Å². The molecule has 8 atom stereocenters. The minimum atomic E-state index is -1.43. The Morgan fingerprint density at radius 3 is 1.77 bits per heavy atom. The Hall–Kier alpha value is 0.580. The van der Waals surface area contributed by atoms with E-state index in [2.05, 4.69) is 78.9 Å². The first-order valence-corrected chi connectivity index (χ1v) is 14.5. The molecule has 0 aliphatic heterocycles. The van der Waals surface area contributed by atoms with E-state index < -0.39 is 8.07 Å². The van der Waals surface area contributed by atoms with Gasteiger partial charge in [0.2, 0.25) is 0 Å². The smallest absolute Gasteiger partial charge is 0.358 e. The van der Waals surface area contributed by atoms with E-state index in [0.717, 1.165) is 52.9 Å². The van der Waals surface area contributed by atoms with Crippen molar-refractivity contribution in [2.75, 3.05) is 0 Å². The zero-order valence-electron chi connectivity index (χ0n) is 22.1. The van der Waals surface area contributed by atoms with Crippen LogP contribution < -0.4 is 0 Å². The van der Waals surface area contributed by atoms with Gasteiger partial charge in [-0.05, 0) is 29.6 Å². The molecule has 0 aromatic heterocycles. The van der Waals surface area contributed by atoms with Gasteiger partial charge in [0.15, 0.2) is 0 Å². The number of fused-ring (bicyclic) bond motifs is 1. The topological polar surface area (TPSA) is 0 Å². The Labute approximate surface area is 212 Å². The van der Waals surface area contributed by atoms with E-state index in [9.17, 15) is 0 Å². The summed E-state index contributed by atoms with van der Waals surface area (Å²) in [5, 5.41) is 0. The van der Waals surface area contributed by atoms with Crippen molar-refractivity contribution in [1.82, 2.24) is 0 Å². The third-order valence-corrected chi connectivity index (χ3v) is 14.4. The minimum absolute atomic E-state index is 0. The Balaban J connectivity index is 0. The predicted octanol–water partition coefficient (Wildman–Crippen LogP) is 8.90. The fourth-order valence-electron chi connectivity index (χ4n) is 7.21. The largest absolute Gasteiger partial charge is 4.00 e. The zero-order valence-corrected chi connectivity index (χ0v) is 25.6. The van der Waals surface area contributed by atoms with Gasteiger partial charge in [-0.2, -0.15) is 12.8 Å². The number of rotatable bonds is 5. The first-order chi connectivity index (χ1) is 12.2. The maximum atomic E-state index is 2.72. The third kappa shape index (κ3) is 5.55. The molecule has 0 heterocycles. The van der Waals surface area contributed by atoms with Crippen molar-refractivity contribution in [3.8, 4) is 0 Å². The predicted molar refractivity (Wildman–Crippen MR) is 138 cm³/mol. The summed E-state index contributed by atoms with van der Waals surface area (Å²) >= 11 is 0. The van der Waals surface area contributed by atoms with Gasteiger partial charge in [0.1, 0.15) is 0 Å². The van der Waals surface area contributed by atoms with Crippen molar-refractivity contribution in [3.63, 3.8) is 0 Å². The molecule has 172 valence electrons. The minimum Gasteiger partial charge on any atom is -0.358 e. The fourth-order valence-corrected chi connectivity index (χ4v) is 11.4. The van der Waals surface area contributed by atoms with Gasteiger partial charge in [-0.15, -0.1) is 0 Å². The Morgan fingerprint density at radius 2 is 1.30 bits per heavy atom. The molecule has 0 bridgehead atoms. The molecule has 2 saturated carbocycles. The van der Waals surface area contributed by atoms with E-state index in [1.807, 2.05) is 5.54 Å². The normalized spacial score (nSPS) is 39.4. The van der Waals surface area contributed by atoms with E-state index in [4.69, 9.17) is 0 Å². The van der Waals surface area contributed by atoms with Crippen LogP contribution in [0.4, 0.5) is 0 Å². The molecule has 0 radical (unpaired) electrons. The first kappa shape index (κ1) is 32.8. The quantitative estimate of drug-likeness (QED) is 0.257. The Kier molecular flexibility index (Phi) is 13.9. The van der Waals surface area contributed by atoms with Crippen LogP contribution in [0.2, 0.25) is 18.6 Å². The van der Waals surface area contributed by atoms with Crippen LogP contribution in [0.15, 0.2) is 24.3 Å². The van der Waals surface area contributed by atoms with Crippen LogP contribution in [-0.4, -0.2) is 8.07 Å². The second-order valence-electron chi connectivity index (χ2n) is 10.7. The van der Waals surface area contributed by atoms with Crippen LogP contribution in [0.25, 0.3) is 0 Å². The first-order valence-electron chi connectivity index (χ1n) is 11.4. The van der Waals surface area contributed by atoms with Gasteiger partial charge in [0.25, 0.3) is 0 Å². The van der Waals surface area contributed by atoms with E-state index in [-0.39, 0.29) is 48.5 Å². The monoisotopic (exact) mass is 506 g/mol. The SMILES string of the molecule is CCCC1CC([Si](C)(C)[C-](C)C2C(C)C(C)C(C)C2C)C2C=CC=CC12.[CH3-].[CH3-].[CH3-].[Zr+4]. The molecular weight excluding hydrogens is 456 g/mol. The number of hydrogen-bond donors (Lipinski definition) is 0. The van der Waals surface area contributed by atoms with E-state index in [1.54, 1.807) is 0 Å². The van der Waals surface area contributed by atoms with Gasteiger partial charge in [0.05, 0.1) is 0 Å². The van der Waals surface area contributed by atoms with Crippen molar-refractivity contribution in [2.45, 2.75) is 79.4 Å². The van der Waals surface area contributed by atoms with Crippen LogP contribution in [0.5, 0.6) is 0 Å². The van der Waals surface area contributed by atoms with Gasteiger partial charge in [-0.1, -0.05) is 117 Å². The van der Waals surface area contributed by atoms with Crippen molar-refractivity contribution in [2.24, 2.45) is 47.3 Å².